The molecule has 1 aliphatic rings. The summed E-state index contributed by atoms with van der Waals surface area (Å²) in [5, 5.41) is 4.44. The van der Waals surface area contributed by atoms with Gasteiger partial charge < -0.3 is 0 Å². The minimum Gasteiger partial charge on any atom is -0.284 e. The van der Waals surface area contributed by atoms with Crippen LogP contribution in [0.5, 0.6) is 0 Å². The normalized spacial score (nSPS) is 12.9. The molecule has 0 atom stereocenters. The van der Waals surface area contributed by atoms with Crippen molar-refractivity contribution < 1.29 is 14.3 Å². The molecule has 0 aliphatic heterocycles. The number of aromatic nitrogens is 3. The maximum absolute atomic E-state index is 12.9. The molecule has 0 spiro atoms. The first-order valence-electron chi connectivity index (χ1n) is 10.8. The van der Waals surface area contributed by atoms with Crippen LogP contribution in [0.1, 0.15) is 103 Å². The Morgan fingerprint density at radius 1 is 0.821 bits per heavy atom. The molecule has 2 aromatic rings. The fraction of sp³-hybridized carbons (Fsp3) is 0.565. The van der Waals surface area contributed by atoms with E-state index in [0.717, 1.165) is 12.8 Å². The van der Waals surface area contributed by atoms with Crippen LogP contribution in [0.2, 0.25) is 0 Å². The third-order valence-electron chi connectivity index (χ3n) is 5.62. The zero-order valence-electron chi connectivity index (χ0n) is 17.2. The lowest BCUT2D eigenvalue weighted by atomic mass is 9.90. The highest BCUT2D eigenvalue weighted by Crippen LogP contribution is 2.25. The third-order valence-corrected chi connectivity index (χ3v) is 5.62. The van der Waals surface area contributed by atoms with Gasteiger partial charge in [-0.1, -0.05) is 82.6 Å². The topological polar surface area (TPSA) is 55.8 Å². The molecule has 0 radical (unpaired) electrons. The van der Waals surface area contributed by atoms with Crippen molar-refractivity contribution in [1.29, 1.82) is 0 Å². The average molecular weight is 383 g/mol. The van der Waals surface area contributed by atoms with Crippen molar-refractivity contribution in [3.63, 3.8) is 0 Å². The molecule has 1 aliphatic carbocycles. The minimum absolute atomic E-state index is 0.0922. The van der Waals surface area contributed by atoms with Crippen molar-refractivity contribution in [3.8, 4) is 0 Å². The van der Waals surface area contributed by atoms with E-state index in [4.69, 9.17) is 0 Å². The lowest BCUT2D eigenvalue weighted by Gasteiger charge is -2.11. The van der Waals surface area contributed by atoms with E-state index < -0.39 is 0 Å². The molecule has 0 fully saturated rings. The smallest absolute Gasteiger partial charge is 0.249 e. The summed E-state index contributed by atoms with van der Waals surface area (Å²) in [5.74, 6) is -0.201. The minimum atomic E-state index is -0.109. The van der Waals surface area contributed by atoms with Gasteiger partial charge in [-0.25, -0.2) is 0 Å². The summed E-state index contributed by atoms with van der Waals surface area (Å²) in [6.45, 7) is 2.93. The predicted octanol–water partition coefficient (Wildman–Crippen LogP) is 4.40. The molecule has 1 aromatic heterocycles. The van der Waals surface area contributed by atoms with Gasteiger partial charge in [0.2, 0.25) is 23.0 Å². The zero-order valence-corrected chi connectivity index (χ0v) is 17.2. The van der Waals surface area contributed by atoms with Crippen molar-refractivity contribution in [1.82, 2.24) is 9.90 Å². The molecule has 0 amide bonds. The molecule has 0 saturated heterocycles. The molecule has 28 heavy (non-hydrogen) atoms. The van der Waals surface area contributed by atoms with E-state index in [9.17, 15) is 9.59 Å². The Hall–Kier alpha value is -2.30. The van der Waals surface area contributed by atoms with Crippen LogP contribution in [-0.2, 0) is 13.6 Å². The first kappa shape index (κ1) is 20.4. The van der Waals surface area contributed by atoms with Crippen LogP contribution in [0, 0.1) is 0 Å². The van der Waals surface area contributed by atoms with Gasteiger partial charge in [0, 0.05) is 11.1 Å². The van der Waals surface area contributed by atoms with Gasteiger partial charge in [0.15, 0.2) is 0 Å². The summed E-state index contributed by atoms with van der Waals surface area (Å²) < 4.78 is 3.29. The zero-order chi connectivity index (χ0) is 19.9. The number of unbranched alkanes of at least 4 members (excludes halogenated alkanes) is 9. The summed E-state index contributed by atoms with van der Waals surface area (Å²) in [6.07, 6.45) is 12.7. The summed E-state index contributed by atoms with van der Waals surface area (Å²) in [5.41, 5.74) is 1.83. The number of hydrogen-bond donors (Lipinski definition) is 0. The van der Waals surface area contributed by atoms with Gasteiger partial charge in [-0.05, 0) is 12.8 Å². The molecule has 0 bridgehead atoms. The van der Waals surface area contributed by atoms with E-state index in [1.54, 1.807) is 40.7 Å². The molecular formula is C23H32N3O2+. The monoisotopic (exact) mass is 382 g/mol. The van der Waals surface area contributed by atoms with E-state index in [0.29, 0.717) is 29.1 Å². The second-order valence-electron chi connectivity index (χ2n) is 7.82. The summed E-state index contributed by atoms with van der Waals surface area (Å²) in [4.78, 5) is 25.7. The largest absolute Gasteiger partial charge is 0.284 e. The molecule has 150 valence electrons. The summed E-state index contributed by atoms with van der Waals surface area (Å²) >= 11 is 0. The van der Waals surface area contributed by atoms with Crippen LogP contribution in [0.25, 0.3) is 0 Å². The van der Waals surface area contributed by atoms with E-state index >= 15 is 0 Å². The number of aryl methyl sites for hydroxylation is 2. The van der Waals surface area contributed by atoms with Gasteiger partial charge in [-0.3, -0.25) is 9.59 Å². The first-order chi connectivity index (χ1) is 13.6. The molecule has 5 heteroatoms. The van der Waals surface area contributed by atoms with Gasteiger partial charge in [-0.15, -0.1) is 9.36 Å². The van der Waals surface area contributed by atoms with E-state index in [2.05, 4.69) is 12.1 Å². The van der Waals surface area contributed by atoms with Crippen molar-refractivity contribution in [2.24, 2.45) is 7.05 Å². The molecule has 0 saturated carbocycles. The lowest BCUT2D eigenvalue weighted by Crippen LogP contribution is -2.39. The molecule has 0 N–H and O–H groups in total. The quantitative estimate of drug-likeness (QED) is 0.365. The summed E-state index contributed by atoms with van der Waals surface area (Å²) in [6, 6.07) is 7.05. The average Bonchev–Trinajstić information content (AvgIpc) is 3.04. The number of carbonyl (C=O) groups excluding carboxylic acids is 2. The van der Waals surface area contributed by atoms with Gasteiger partial charge in [0.05, 0.1) is 5.21 Å². The Balaban J connectivity index is 1.52. The van der Waals surface area contributed by atoms with Crippen LogP contribution in [0.15, 0.2) is 24.3 Å². The molecule has 0 unspecified atom stereocenters. The Labute approximate surface area is 167 Å². The van der Waals surface area contributed by atoms with Crippen LogP contribution in [0.4, 0.5) is 0 Å². The fourth-order valence-corrected chi connectivity index (χ4v) is 4.05. The number of nitrogens with zero attached hydrogens (tertiary/aromatic N) is 3. The number of carbonyl (C=O) groups is 2. The van der Waals surface area contributed by atoms with Crippen molar-refractivity contribution in [2.75, 3.05) is 0 Å². The number of hydrogen-bond acceptors (Lipinski definition) is 3. The second kappa shape index (κ2) is 9.76. The number of ketones is 2. The highest BCUT2D eigenvalue weighted by molar-refractivity contribution is 6.26. The Morgan fingerprint density at radius 3 is 1.96 bits per heavy atom. The molecular weight excluding hydrogens is 350 g/mol. The predicted molar refractivity (Wildman–Crippen MR) is 109 cm³/mol. The SMILES string of the molecule is CCCCCCCCCCCCn1n[n+](C)c2c1C(=O)c1ccccc1C2=O. The lowest BCUT2D eigenvalue weighted by molar-refractivity contribution is -0.733. The van der Waals surface area contributed by atoms with E-state index in [1.165, 1.54) is 51.4 Å². The van der Waals surface area contributed by atoms with Crippen LogP contribution < -0.4 is 4.68 Å². The van der Waals surface area contributed by atoms with Gasteiger partial charge in [0.25, 0.3) is 0 Å². The Morgan fingerprint density at radius 2 is 1.36 bits per heavy atom. The Bertz CT molecular complexity index is 838. The van der Waals surface area contributed by atoms with Gasteiger partial charge in [-0.2, -0.15) is 0 Å². The highest BCUT2D eigenvalue weighted by atomic mass is 16.1. The van der Waals surface area contributed by atoms with Gasteiger partial charge >= 0.3 is 0 Å². The first-order valence-corrected chi connectivity index (χ1v) is 10.8. The molecule has 3 rings (SSSR count). The molecule has 1 heterocycles. The third kappa shape index (κ3) is 4.40. The van der Waals surface area contributed by atoms with Crippen LogP contribution in [-0.4, -0.2) is 21.5 Å². The van der Waals surface area contributed by atoms with Crippen molar-refractivity contribution in [2.45, 2.75) is 77.7 Å². The standard InChI is InChI=1S/C23H32N3O2/c1-3-4-5-6-7-8-9-10-11-14-17-26-21-20(25(2)24-26)22(27)18-15-12-13-16-19(18)23(21)28/h12-13,15-16H,3-11,14,17H2,1-2H3/q+1. The maximum atomic E-state index is 12.9. The molecule has 5 nitrogen and oxygen atoms in total. The van der Waals surface area contributed by atoms with Gasteiger partial charge in [0.1, 0.15) is 13.6 Å². The van der Waals surface area contributed by atoms with E-state index in [1.807, 2.05) is 0 Å². The number of rotatable bonds is 11. The Kier molecular flexibility index (Phi) is 7.12. The number of benzene rings is 1. The van der Waals surface area contributed by atoms with Crippen LogP contribution in [0.3, 0.4) is 0 Å². The second-order valence-corrected chi connectivity index (χ2v) is 7.82. The van der Waals surface area contributed by atoms with E-state index in [-0.39, 0.29) is 11.6 Å². The highest BCUT2D eigenvalue weighted by Gasteiger charge is 2.41. The number of fused-ring (bicyclic) bond motifs is 2. The summed E-state index contributed by atoms with van der Waals surface area (Å²) in [7, 11) is 1.74. The van der Waals surface area contributed by atoms with Crippen molar-refractivity contribution >= 4 is 11.6 Å². The molecule has 1 aromatic carbocycles. The maximum Gasteiger partial charge on any atom is 0.249 e. The van der Waals surface area contributed by atoms with Crippen molar-refractivity contribution in [3.05, 3.63) is 46.8 Å². The fourth-order valence-electron chi connectivity index (χ4n) is 4.05. The van der Waals surface area contributed by atoms with Crippen LogP contribution >= 0.6 is 0 Å².